The lowest BCUT2D eigenvalue weighted by molar-refractivity contribution is -0.142. The summed E-state index contributed by atoms with van der Waals surface area (Å²) in [6.07, 6.45) is 4.45. The van der Waals surface area contributed by atoms with Gasteiger partial charge in [0, 0.05) is 24.3 Å². The van der Waals surface area contributed by atoms with E-state index >= 15 is 0 Å². The summed E-state index contributed by atoms with van der Waals surface area (Å²) >= 11 is 1.62. The van der Waals surface area contributed by atoms with Gasteiger partial charge in [-0.1, -0.05) is 6.07 Å². The van der Waals surface area contributed by atoms with Crippen LogP contribution in [-0.4, -0.2) is 41.6 Å². The number of hydrogen-bond acceptors (Lipinski definition) is 4. The molecule has 1 N–H and O–H groups in total. The summed E-state index contributed by atoms with van der Waals surface area (Å²) in [5.74, 6) is 0.0959. The number of amides is 1. The fourth-order valence-electron chi connectivity index (χ4n) is 2.27. The van der Waals surface area contributed by atoms with Crippen LogP contribution in [0.4, 0.5) is 0 Å². The molecule has 2 aromatic rings. The number of benzene rings is 1. The van der Waals surface area contributed by atoms with E-state index in [-0.39, 0.29) is 5.91 Å². The molecular formula is C16H20N2O3S. The van der Waals surface area contributed by atoms with E-state index in [0.717, 1.165) is 16.7 Å². The zero-order valence-electron chi connectivity index (χ0n) is 13.0. The van der Waals surface area contributed by atoms with Gasteiger partial charge < -0.3 is 14.6 Å². The number of aromatic nitrogens is 1. The van der Waals surface area contributed by atoms with Gasteiger partial charge >= 0.3 is 5.97 Å². The highest BCUT2D eigenvalue weighted by molar-refractivity contribution is 7.98. The predicted molar refractivity (Wildman–Crippen MR) is 89.2 cm³/mol. The van der Waals surface area contributed by atoms with Crippen molar-refractivity contribution in [1.29, 1.82) is 0 Å². The number of hydrogen-bond donors (Lipinski definition) is 1. The third kappa shape index (κ3) is 3.62. The molecule has 0 saturated heterocycles. The highest BCUT2D eigenvalue weighted by atomic mass is 32.2. The topological polar surface area (TPSA) is 60.3 Å². The lowest BCUT2D eigenvalue weighted by atomic mass is 10.1. The second-order valence-electron chi connectivity index (χ2n) is 5.03. The van der Waals surface area contributed by atoms with E-state index in [1.807, 2.05) is 42.3 Å². The summed E-state index contributed by atoms with van der Waals surface area (Å²) in [5.41, 5.74) is 1.51. The first kappa shape index (κ1) is 16.4. The van der Waals surface area contributed by atoms with Crippen LogP contribution >= 0.6 is 11.8 Å². The summed E-state index contributed by atoms with van der Waals surface area (Å²) in [6.45, 7) is 0. The van der Waals surface area contributed by atoms with Crippen molar-refractivity contribution < 1.29 is 14.3 Å². The minimum Gasteiger partial charge on any atom is -0.467 e. The van der Waals surface area contributed by atoms with E-state index in [1.54, 1.807) is 17.8 Å². The minimum atomic E-state index is -0.617. The van der Waals surface area contributed by atoms with Gasteiger partial charge in [0.05, 0.1) is 7.11 Å². The number of methoxy groups -OCH3 is 1. The van der Waals surface area contributed by atoms with Crippen molar-refractivity contribution in [1.82, 2.24) is 9.88 Å². The van der Waals surface area contributed by atoms with Crippen LogP contribution in [0.1, 0.15) is 16.8 Å². The maximum Gasteiger partial charge on any atom is 0.328 e. The average Bonchev–Trinajstić information content (AvgIpc) is 2.91. The fourth-order valence-corrected chi connectivity index (χ4v) is 2.74. The Kier molecular flexibility index (Phi) is 5.49. The van der Waals surface area contributed by atoms with Gasteiger partial charge in [0.25, 0.3) is 5.91 Å². The standard InChI is InChI=1S/C16H20N2O3S/c1-18-8-6-11-4-5-12(10-14(11)18)15(19)17-13(7-9-22-3)16(20)21-2/h4-6,8,10,13H,7,9H2,1-3H3,(H,17,19). The number of fused-ring (bicyclic) bond motifs is 1. The molecule has 118 valence electrons. The quantitative estimate of drug-likeness (QED) is 0.829. The molecule has 0 aliphatic heterocycles. The number of carbonyl (C=O) groups is 2. The molecule has 0 fully saturated rings. The first-order chi connectivity index (χ1) is 10.6. The summed E-state index contributed by atoms with van der Waals surface area (Å²) < 4.78 is 6.71. The molecule has 0 aliphatic rings. The number of aryl methyl sites for hydroxylation is 1. The first-order valence-corrected chi connectivity index (χ1v) is 8.39. The van der Waals surface area contributed by atoms with Crippen LogP contribution in [0, 0.1) is 0 Å². The Morgan fingerprint density at radius 2 is 2.14 bits per heavy atom. The van der Waals surface area contributed by atoms with Gasteiger partial charge in [-0.05, 0) is 42.0 Å². The molecule has 6 heteroatoms. The minimum absolute atomic E-state index is 0.264. The van der Waals surface area contributed by atoms with Gasteiger partial charge in [-0.15, -0.1) is 0 Å². The van der Waals surface area contributed by atoms with E-state index in [4.69, 9.17) is 4.74 Å². The Balaban J connectivity index is 2.16. The lowest BCUT2D eigenvalue weighted by Gasteiger charge is -2.16. The van der Waals surface area contributed by atoms with Crippen LogP contribution in [0.15, 0.2) is 30.5 Å². The van der Waals surface area contributed by atoms with Crippen molar-refractivity contribution in [2.45, 2.75) is 12.5 Å². The van der Waals surface area contributed by atoms with E-state index in [1.165, 1.54) is 7.11 Å². The van der Waals surface area contributed by atoms with E-state index in [2.05, 4.69) is 5.32 Å². The first-order valence-electron chi connectivity index (χ1n) is 6.99. The van der Waals surface area contributed by atoms with Gasteiger partial charge in [-0.2, -0.15) is 11.8 Å². The number of nitrogens with zero attached hydrogens (tertiary/aromatic N) is 1. The smallest absolute Gasteiger partial charge is 0.328 e. The van der Waals surface area contributed by atoms with Gasteiger partial charge in [-0.25, -0.2) is 4.79 Å². The molecule has 0 aliphatic carbocycles. The van der Waals surface area contributed by atoms with Crippen molar-refractivity contribution in [3.8, 4) is 0 Å². The molecule has 1 atom stereocenters. The SMILES string of the molecule is COC(=O)C(CCSC)NC(=O)c1ccc2ccn(C)c2c1. The number of ether oxygens (including phenoxy) is 1. The Bertz CT molecular complexity index is 681. The molecule has 1 heterocycles. The fraction of sp³-hybridized carbons (Fsp3) is 0.375. The number of esters is 1. The maximum absolute atomic E-state index is 12.4. The van der Waals surface area contributed by atoms with Crippen molar-refractivity contribution in [3.63, 3.8) is 0 Å². The van der Waals surface area contributed by atoms with Crippen LogP contribution < -0.4 is 5.32 Å². The number of thioether (sulfide) groups is 1. The van der Waals surface area contributed by atoms with Crippen molar-refractivity contribution in [2.75, 3.05) is 19.1 Å². The second kappa shape index (κ2) is 7.35. The van der Waals surface area contributed by atoms with Gasteiger partial charge in [0.15, 0.2) is 0 Å². The van der Waals surface area contributed by atoms with Crippen LogP contribution in [0.25, 0.3) is 10.9 Å². The third-order valence-corrected chi connectivity index (χ3v) is 4.20. The zero-order valence-corrected chi connectivity index (χ0v) is 13.8. The van der Waals surface area contributed by atoms with Crippen molar-refractivity contribution in [3.05, 3.63) is 36.0 Å². The monoisotopic (exact) mass is 320 g/mol. The molecule has 0 bridgehead atoms. The Hall–Kier alpha value is -1.95. The average molecular weight is 320 g/mol. The molecule has 22 heavy (non-hydrogen) atoms. The van der Waals surface area contributed by atoms with E-state index in [0.29, 0.717) is 12.0 Å². The molecule has 0 saturated carbocycles. The molecule has 1 aromatic carbocycles. The van der Waals surface area contributed by atoms with Gasteiger partial charge in [-0.3, -0.25) is 4.79 Å². The van der Waals surface area contributed by atoms with Crippen molar-refractivity contribution in [2.24, 2.45) is 7.05 Å². The summed E-state index contributed by atoms with van der Waals surface area (Å²) in [4.78, 5) is 24.1. The molecule has 0 radical (unpaired) electrons. The highest BCUT2D eigenvalue weighted by Gasteiger charge is 2.21. The largest absolute Gasteiger partial charge is 0.467 e. The number of carbonyl (C=O) groups excluding carboxylic acids is 2. The predicted octanol–water partition coefficient (Wildman–Crippen LogP) is 2.20. The Labute approximate surface area is 134 Å². The lowest BCUT2D eigenvalue weighted by Crippen LogP contribution is -2.41. The third-order valence-electron chi connectivity index (χ3n) is 3.55. The maximum atomic E-state index is 12.4. The summed E-state index contributed by atoms with van der Waals surface area (Å²) in [6, 6.07) is 6.87. The van der Waals surface area contributed by atoms with Crippen LogP contribution in [0.3, 0.4) is 0 Å². The normalized spacial score (nSPS) is 12.1. The molecule has 1 aromatic heterocycles. The Morgan fingerprint density at radius 3 is 2.82 bits per heavy atom. The molecular weight excluding hydrogens is 300 g/mol. The number of rotatable bonds is 6. The number of nitrogens with one attached hydrogen (secondary N) is 1. The van der Waals surface area contributed by atoms with Crippen LogP contribution in [0.2, 0.25) is 0 Å². The molecule has 5 nitrogen and oxygen atoms in total. The van der Waals surface area contributed by atoms with E-state index in [9.17, 15) is 9.59 Å². The second-order valence-corrected chi connectivity index (χ2v) is 6.02. The van der Waals surface area contributed by atoms with Crippen LogP contribution in [-0.2, 0) is 16.6 Å². The Morgan fingerprint density at radius 1 is 1.36 bits per heavy atom. The molecule has 2 rings (SSSR count). The van der Waals surface area contributed by atoms with Crippen molar-refractivity contribution >= 4 is 34.5 Å². The molecule has 0 spiro atoms. The van der Waals surface area contributed by atoms with Gasteiger partial charge in [0.2, 0.25) is 0 Å². The molecule has 1 amide bonds. The highest BCUT2D eigenvalue weighted by Crippen LogP contribution is 2.17. The summed E-state index contributed by atoms with van der Waals surface area (Å²) in [7, 11) is 3.26. The van der Waals surface area contributed by atoms with Crippen LogP contribution in [0.5, 0.6) is 0 Å². The summed E-state index contributed by atoms with van der Waals surface area (Å²) in [5, 5.41) is 3.83. The molecule has 1 unspecified atom stereocenters. The zero-order chi connectivity index (χ0) is 16.1. The van der Waals surface area contributed by atoms with Gasteiger partial charge in [0.1, 0.15) is 6.04 Å². The van der Waals surface area contributed by atoms with E-state index < -0.39 is 12.0 Å².